The molecule has 7 nitrogen and oxygen atoms in total. The standard InChI is InChI=1S/C14H17NO6/c1-8-12(13(17)15-7-9(16)14(18)19-2)21-11-6-4-3-5-10(11)20-8/h3-6,8-9,12,16H,7H2,1-2H3,(H,15,17). The minimum Gasteiger partial charge on any atom is -0.482 e. The number of nitrogens with one attached hydrogen (secondary N) is 1. The molecule has 0 aromatic heterocycles. The first-order valence-corrected chi connectivity index (χ1v) is 6.49. The fourth-order valence-corrected chi connectivity index (χ4v) is 1.92. The van der Waals surface area contributed by atoms with E-state index in [2.05, 4.69) is 10.1 Å². The third-order valence-electron chi connectivity index (χ3n) is 3.04. The van der Waals surface area contributed by atoms with Crippen LogP contribution in [-0.4, -0.2) is 48.9 Å². The molecule has 1 aromatic carbocycles. The third kappa shape index (κ3) is 3.43. The van der Waals surface area contributed by atoms with Gasteiger partial charge >= 0.3 is 5.97 Å². The van der Waals surface area contributed by atoms with Crippen LogP contribution in [0.25, 0.3) is 0 Å². The average Bonchev–Trinajstić information content (AvgIpc) is 2.50. The molecule has 21 heavy (non-hydrogen) atoms. The molecule has 2 N–H and O–H groups in total. The SMILES string of the molecule is COC(=O)C(O)CNC(=O)C1Oc2ccccc2OC1C. The number of ether oxygens (including phenoxy) is 3. The number of para-hydroxylation sites is 2. The number of methoxy groups -OCH3 is 1. The maximum Gasteiger partial charge on any atom is 0.336 e. The van der Waals surface area contributed by atoms with Gasteiger partial charge < -0.3 is 24.6 Å². The minimum absolute atomic E-state index is 0.250. The quantitative estimate of drug-likeness (QED) is 0.751. The molecule has 0 radical (unpaired) electrons. The maximum atomic E-state index is 12.1. The number of hydrogen-bond acceptors (Lipinski definition) is 6. The molecule has 2 rings (SSSR count). The van der Waals surface area contributed by atoms with E-state index < -0.39 is 30.2 Å². The van der Waals surface area contributed by atoms with Crippen LogP contribution in [0.2, 0.25) is 0 Å². The van der Waals surface area contributed by atoms with Gasteiger partial charge in [0.05, 0.1) is 13.7 Å². The second kappa shape index (κ2) is 6.45. The van der Waals surface area contributed by atoms with E-state index in [-0.39, 0.29) is 6.54 Å². The number of aliphatic hydroxyl groups is 1. The molecule has 1 amide bonds. The first-order valence-electron chi connectivity index (χ1n) is 6.49. The van der Waals surface area contributed by atoms with Crippen LogP contribution in [0, 0.1) is 0 Å². The average molecular weight is 295 g/mol. The molecule has 3 atom stereocenters. The predicted octanol–water partition coefficient (Wildman–Crippen LogP) is -0.135. The van der Waals surface area contributed by atoms with E-state index in [1.807, 2.05) is 6.07 Å². The molecule has 3 unspecified atom stereocenters. The number of esters is 1. The highest BCUT2D eigenvalue weighted by atomic mass is 16.6. The lowest BCUT2D eigenvalue weighted by Crippen LogP contribution is -2.51. The topological polar surface area (TPSA) is 94.1 Å². The minimum atomic E-state index is -1.41. The zero-order chi connectivity index (χ0) is 15.4. The lowest BCUT2D eigenvalue weighted by molar-refractivity contribution is -0.150. The maximum absolute atomic E-state index is 12.1. The van der Waals surface area contributed by atoms with Crippen molar-refractivity contribution in [1.29, 1.82) is 0 Å². The molecule has 1 heterocycles. The lowest BCUT2D eigenvalue weighted by Gasteiger charge is -2.31. The first kappa shape index (κ1) is 15.1. The van der Waals surface area contributed by atoms with E-state index in [0.717, 1.165) is 7.11 Å². The number of carbonyl (C=O) groups excluding carboxylic acids is 2. The van der Waals surface area contributed by atoms with Crippen LogP contribution < -0.4 is 14.8 Å². The summed E-state index contributed by atoms with van der Waals surface area (Å²) in [6, 6.07) is 7.03. The third-order valence-corrected chi connectivity index (χ3v) is 3.04. The van der Waals surface area contributed by atoms with Crippen molar-refractivity contribution in [3.8, 4) is 11.5 Å². The van der Waals surface area contributed by atoms with Gasteiger partial charge in [-0.3, -0.25) is 4.79 Å². The Balaban J connectivity index is 1.96. The van der Waals surface area contributed by atoms with Crippen molar-refractivity contribution in [2.45, 2.75) is 25.2 Å². The number of aliphatic hydroxyl groups excluding tert-OH is 1. The van der Waals surface area contributed by atoms with Gasteiger partial charge in [0.1, 0.15) is 6.10 Å². The molecular weight excluding hydrogens is 278 g/mol. The van der Waals surface area contributed by atoms with Crippen molar-refractivity contribution in [2.75, 3.05) is 13.7 Å². The Kier molecular flexibility index (Phi) is 4.64. The Bertz CT molecular complexity index is 532. The zero-order valence-corrected chi connectivity index (χ0v) is 11.7. The molecule has 0 aliphatic carbocycles. The van der Waals surface area contributed by atoms with Gasteiger partial charge in [0.15, 0.2) is 17.6 Å². The molecular formula is C14H17NO6. The van der Waals surface area contributed by atoms with Crippen LogP contribution in [-0.2, 0) is 14.3 Å². The number of amides is 1. The molecule has 7 heteroatoms. The summed E-state index contributed by atoms with van der Waals surface area (Å²) in [6.45, 7) is 1.46. The van der Waals surface area contributed by atoms with Crippen LogP contribution in [0.5, 0.6) is 11.5 Å². The normalized spacial score (nSPS) is 21.3. The number of rotatable bonds is 4. The summed E-state index contributed by atoms with van der Waals surface area (Å²) in [4.78, 5) is 23.1. The highest BCUT2D eigenvalue weighted by molar-refractivity contribution is 5.83. The smallest absolute Gasteiger partial charge is 0.336 e. The fourth-order valence-electron chi connectivity index (χ4n) is 1.92. The van der Waals surface area contributed by atoms with Crippen LogP contribution in [0.1, 0.15) is 6.92 Å². The summed E-state index contributed by atoms with van der Waals surface area (Å²) < 4.78 is 15.6. The van der Waals surface area contributed by atoms with Crippen molar-refractivity contribution in [1.82, 2.24) is 5.32 Å². The van der Waals surface area contributed by atoms with Crippen LogP contribution in [0.3, 0.4) is 0 Å². The molecule has 1 aliphatic rings. The molecule has 0 spiro atoms. The van der Waals surface area contributed by atoms with Crippen molar-refractivity contribution >= 4 is 11.9 Å². The van der Waals surface area contributed by atoms with E-state index in [0.29, 0.717) is 11.5 Å². The van der Waals surface area contributed by atoms with E-state index in [9.17, 15) is 14.7 Å². The molecule has 0 bridgehead atoms. The largest absolute Gasteiger partial charge is 0.482 e. The van der Waals surface area contributed by atoms with Gasteiger partial charge in [-0.1, -0.05) is 12.1 Å². The van der Waals surface area contributed by atoms with Gasteiger partial charge in [-0.05, 0) is 19.1 Å². The van der Waals surface area contributed by atoms with E-state index >= 15 is 0 Å². The predicted molar refractivity (Wildman–Crippen MR) is 72.0 cm³/mol. The molecule has 1 aromatic rings. The highest BCUT2D eigenvalue weighted by Crippen LogP contribution is 2.33. The number of benzene rings is 1. The number of fused-ring (bicyclic) bond motifs is 1. The van der Waals surface area contributed by atoms with E-state index in [1.165, 1.54) is 0 Å². The summed E-state index contributed by atoms with van der Waals surface area (Å²) in [5.74, 6) is -0.234. The van der Waals surface area contributed by atoms with Gasteiger partial charge in [-0.25, -0.2) is 4.79 Å². The van der Waals surface area contributed by atoms with Crippen molar-refractivity contribution in [3.63, 3.8) is 0 Å². The fraction of sp³-hybridized carbons (Fsp3) is 0.429. The Morgan fingerprint density at radius 3 is 2.57 bits per heavy atom. The van der Waals surface area contributed by atoms with Crippen molar-refractivity contribution in [3.05, 3.63) is 24.3 Å². The van der Waals surface area contributed by atoms with E-state index in [1.54, 1.807) is 25.1 Å². The summed E-state index contributed by atoms with van der Waals surface area (Å²) in [5, 5.41) is 11.9. The Hall–Kier alpha value is -2.28. The van der Waals surface area contributed by atoms with Gasteiger partial charge in [-0.15, -0.1) is 0 Å². The summed E-state index contributed by atoms with van der Waals surface area (Å²) in [7, 11) is 1.16. The van der Waals surface area contributed by atoms with Crippen LogP contribution in [0.4, 0.5) is 0 Å². The van der Waals surface area contributed by atoms with Crippen molar-refractivity contribution < 1.29 is 28.9 Å². The van der Waals surface area contributed by atoms with Crippen LogP contribution in [0.15, 0.2) is 24.3 Å². The first-order chi connectivity index (χ1) is 10.0. The Morgan fingerprint density at radius 2 is 1.95 bits per heavy atom. The number of carbonyl (C=O) groups is 2. The second-order valence-electron chi connectivity index (χ2n) is 4.59. The van der Waals surface area contributed by atoms with Crippen LogP contribution >= 0.6 is 0 Å². The Morgan fingerprint density at radius 1 is 1.33 bits per heavy atom. The van der Waals surface area contributed by atoms with Gasteiger partial charge in [0.2, 0.25) is 6.10 Å². The monoisotopic (exact) mass is 295 g/mol. The second-order valence-corrected chi connectivity index (χ2v) is 4.59. The summed E-state index contributed by atoms with van der Waals surface area (Å²) in [6.07, 6.45) is -2.76. The molecule has 114 valence electrons. The number of hydrogen-bond donors (Lipinski definition) is 2. The molecule has 0 saturated heterocycles. The molecule has 0 saturated carbocycles. The summed E-state index contributed by atoms with van der Waals surface area (Å²) >= 11 is 0. The molecule has 0 fully saturated rings. The highest BCUT2D eigenvalue weighted by Gasteiger charge is 2.34. The summed E-state index contributed by atoms with van der Waals surface area (Å²) in [5.41, 5.74) is 0. The molecule has 1 aliphatic heterocycles. The lowest BCUT2D eigenvalue weighted by atomic mass is 10.1. The van der Waals surface area contributed by atoms with Crippen molar-refractivity contribution in [2.24, 2.45) is 0 Å². The Labute approximate surface area is 121 Å². The van der Waals surface area contributed by atoms with Gasteiger partial charge in [-0.2, -0.15) is 0 Å². The van der Waals surface area contributed by atoms with Gasteiger partial charge in [0, 0.05) is 0 Å². The zero-order valence-electron chi connectivity index (χ0n) is 11.7. The van der Waals surface area contributed by atoms with E-state index in [4.69, 9.17) is 9.47 Å². The van der Waals surface area contributed by atoms with Gasteiger partial charge in [0.25, 0.3) is 5.91 Å².